The van der Waals surface area contributed by atoms with Gasteiger partial charge in [-0.3, -0.25) is 0 Å². The topological polar surface area (TPSA) is 0 Å². The summed E-state index contributed by atoms with van der Waals surface area (Å²) in [7, 11) is 0. The molecule has 0 aromatic carbocycles. The minimum absolute atomic E-state index is 2.00. The number of allylic oxidation sites excluding steroid dienone is 6. The maximum absolute atomic E-state index is 2.00. The molecule has 0 radical (unpaired) electrons. The summed E-state index contributed by atoms with van der Waals surface area (Å²) in [5.74, 6) is 0. The Bertz CT molecular complexity index is 91.2. The molecular weight excluding hydrogens is 120 g/mol. The van der Waals surface area contributed by atoms with E-state index in [1.807, 2.05) is 64.2 Å². The fourth-order valence-electron chi connectivity index (χ4n) is 0.222. The fraction of sp³-hybridized carbons (Fsp3) is 0.400. The molecule has 0 amide bonds. The molecule has 0 aliphatic rings. The summed E-state index contributed by atoms with van der Waals surface area (Å²) in [5.41, 5.74) is 0. The molecule has 0 unspecified atom stereocenters. The monoisotopic (exact) mass is 138 g/mol. The smallest absolute Gasteiger partial charge is 0.0467 e. The molecule has 0 atom stereocenters. The van der Waals surface area contributed by atoms with Crippen LogP contribution in [0.3, 0.4) is 0 Å². The summed E-state index contributed by atoms with van der Waals surface area (Å²) in [6.07, 6.45) is 12.0. The van der Waals surface area contributed by atoms with E-state index in [1.54, 1.807) is 0 Å². The second-order valence-electron chi connectivity index (χ2n) is 1.72. The van der Waals surface area contributed by atoms with Crippen molar-refractivity contribution in [2.75, 3.05) is 0 Å². The summed E-state index contributed by atoms with van der Waals surface area (Å²) in [6.45, 7) is 8.00. The molecule has 0 aliphatic carbocycles. The summed E-state index contributed by atoms with van der Waals surface area (Å²) >= 11 is 0. The molecule has 0 nitrogen and oxygen atoms in total. The standard InChI is InChI=1S/C6H10.C4H8/c1-3-5-6-4-2;1-3-4-2/h3-6H,1-2H3;3-4H,1-2H3/b5-3+,6-4+;4-3+. The lowest BCUT2D eigenvalue weighted by Crippen LogP contribution is -1.40. The van der Waals surface area contributed by atoms with Gasteiger partial charge in [-0.1, -0.05) is 36.5 Å². The lowest BCUT2D eigenvalue weighted by Gasteiger charge is -1.62. The highest BCUT2D eigenvalue weighted by atomic mass is 13.6. The van der Waals surface area contributed by atoms with Gasteiger partial charge in [0.2, 0.25) is 0 Å². The van der Waals surface area contributed by atoms with E-state index in [2.05, 4.69) is 0 Å². The molecule has 0 bridgehead atoms. The highest BCUT2D eigenvalue weighted by Crippen LogP contribution is 1.71. The highest BCUT2D eigenvalue weighted by molar-refractivity contribution is 4.98. The number of rotatable bonds is 1. The van der Waals surface area contributed by atoms with Crippen LogP contribution in [0.2, 0.25) is 0 Å². The summed E-state index contributed by atoms with van der Waals surface area (Å²) in [5, 5.41) is 0. The largest absolute Gasteiger partial charge is 0.0919 e. The first-order chi connectivity index (χ1) is 4.83. The van der Waals surface area contributed by atoms with Gasteiger partial charge in [-0.05, 0) is 27.7 Å². The van der Waals surface area contributed by atoms with Crippen LogP contribution >= 0.6 is 0 Å². The van der Waals surface area contributed by atoms with Gasteiger partial charge >= 0.3 is 0 Å². The van der Waals surface area contributed by atoms with Crippen LogP contribution in [0.5, 0.6) is 0 Å². The number of hydrogen-bond acceptors (Lipinski definition) is 0. The number of hydrogen-bond donors (Lipinski definition) is 0. The Balaban J connectivity index is 0. The first kappa shape index (κ1) is 12.0. The third-order valence-corrected chi connectivity index (χ3v) is 0.829. The maximum atomic E-state index is 2.00. The Morgan fingerprint density at radius 3 is 0.900 bits per heavy atom. The van der Waals surface area contributed by atoms with Crippen LogP contribution in [0.1, 0.15) is 27.7 Å². The summed E-state index contributed by atoms with van der Waals surface area (Å²) in [4.78, 5) is 0. The molecule has 0 aromatic rings. The maximum Gasteiger partial charge on any atom is -0.0467 e. The van der Waals surface area contributed by atoms with Crippen LogP contribution in [0.4, 0.5) is 0 Å². The zero-order chi connectivity index (χ0) is 8.24. The molecule has 0 aliphatic heterocycles. The van der Waals surface area contributed by atoms with Gasteiger partial charge in [-0.15, -0.1) is 0 Å². The van der Waals surface area contributed by atoms with Crippen molar-refractivity contribution >= 4 is 0 Å². The van der Waals surface area contributed by atoms with E-state index in [-0.39, 0.29) is 0 Å². The molecular formula is C10H18. The van der Waals surface area contributed by atoms with E-state index in [1.165, 1.54) is 0 Å². The molecule has 0 aromatic heterocycles. The summed E-state index contributed by atoms with van der Waals surface area (Å²) < 4.78 is 0. The average Bonchev–Trinajstić information content (AvgIpc) is 2.01. The third-order valence-electron chi connectivity index (χ3n) is 0.829. The zero-order valence-electron chi connectivity index (χ0n) is 7.46. The van der Waals surface area contributed by atoms with Crippen molar-refractivity contribution in [3.05, 3.63) is 36.5 Å². The van der Waals surface area contributed by atoms with Crippen molar-refractivity contribution in [1.29, 1.82) is 0 Å². The predicted octanol–water partition coefficient (Wildman–Crippen LogP) is 3.72. The Morgan fingerprint density at radius 2 is 0.800 bits per heavy atom. The van der Waals surface area contributed by atoms with Crippen molar-refractivity contribution in [3.63, 3.8) is 0 Å². The van der Waals surface area contributed by atoms with E-state index in [4.69, 9.17) is 0 Å². The SMILES string of the molecule is C/C=C/C.C/C=C/C=C/C. The van der Waals surface area contributed by atoms with Gasteiger partial charge in [0.25, 0.3) is 0 Å². The Labute approximate surface area is 65.0 Å². The van der Waals surface area contributed by atoms with Gasteiger partial charge in [-0.2, -0.15) is 0 Å². The van der Waals surface area contributed by atoms with Crippen LogP contribution in [-0.2, 0) is 0 Å². The molecule has 0 N–H and O–H groups in total. The Hall–Kier alpha value is -0.780. The average molecular weight is 138 g/mol. The van der Waals surface area contributed by atoms with E-state index >= 15 is 0 Å². The highest BCUT2D eigenvalue weighted by Gasteiger charge is 1.48. The van der Waals surface area contributed by atoms with Gasteiger partial charge in [0, 0.05) is 0 Å². The predicted molar refractivity (Wildman–Crippen MR) is 50.1 cm³/mol. The normalized spacial score (nSPS) is 10.8. The van der Waals surface area contributed by atoms with Gasteiger partial charge in [0.1, 0.15) is 0 Å². The minimum atomic E-state index is 2.00. The molecule has 58 valence electrons. The van der Waals surface area contributed by atoms with Gasteiger partial charge in [0.15, 0.2) is 0 Å². The van der Waals surface area contributed by atoms with Crippen LogP contribution in [0.25, 0.3) is 0 Å². The van der Waals surface area contributed by atoms with E-state index < -0.39 is 0 Å². The molecule has 0 heteroatoms. The van der Waals surface area contributed by atoms with Crippen LogP contribution in [0.15, 0.2) is 36.5 Å². The van der Waals surface area contributed by atoms with E-state index in [9.17, 15) is 0 Å². The Morgan fingerprint density at radius 1 is 0.500 bits per heavy atom. The van der Waals surface area contributed by atoms with Gasteiger partial charge in [0.05, 0.1) is 0 Å². The molecule has 0 fully saturated rings. The van der Waals surface area contributed by atoms with Gasteiger partial charge in [-0.25, -0.2) is 0 Å². The zero-order valence-corrected chi connectivity index (χ0v) is 7.46. The first-order valence-corrected chi connectivity index (χ1v) is 3.64. The van der Waals surface area contributed by atoms with Crippen LogP contribution < -0.4 is 0 Å². The van der Waals surface area contributed by atoms with E-state index in [0.717, 1.165) is 0 Å². The molecule has 0 saturated heterocycles. The molecule has 0 rings (SSSR count). The second kappa shape index (κ2) is 15.7. The van der Waals surface area contributed by atoms with Crippen molar-refractivity contribution in [2.45, 2.75) is 27.7 Å². The first-order valence-electron chi connectivity index (χ1n) is 3.64. The summed E-state index contributed by atoms with van der Waals surface area (Å²) in [6, 6.07) is 0. The lowest BCUT2D eigenvalue weighted by molar-refractivity contribution is 1.64. The lowest BCUT2D eigenvalue weighted by atomic mass is 10.5. The molecule has 0 spiro atoms. The Kier molecular flexibility index (Phi) is 18.8. The quantitative estimate of drug-likeness (QED) is 0.382. The van der Waals surface area contributed by atoms with Crippen LogP contribution in [0, 0.1) is 0 Å². The van der Waals surface area contributed by atoms with Gasteiger partial charge < -0.3 is 0 Å². The second-order valence-corrected chi connectivity index (χ2v) is 1.72. The van der Waals surface area contributed by atoms with Crippen molar-refractivity contribution in [1.82, 2.24) is 0 Å². The third kappa shape index (κ3) is 26.9. The van der Waals surface area contributed by atoms with E-state index in [0.29, 0.717) is 0 Å². The van der Waals surface area contributed by atoms with Crippen molar-refractivity contribution < 1.29 is 0 Å². The fourth-order valence-corrected chi connectivity index (χ4v) is 0.222. The minimum Gasteiger partial charge on any atom is -0.0919 e. The molecule has 0 heterocycles. The van der Waals surface area contributed by atoms with Crippen molar-refractivity contribution in [2.24, 2.45) is 0 Å². The molecule has 0 saturated carbocycles. The van der Waals surface area contributed by atoms with Crippen molar-refractivity contribution in [3.8, 4) is 0 Å². The molecule has 10 heavy (non-hydrogen) atoms. The van der Waals surface area contributed by atoms with Crippen LogP contribution in [-0.4, -0.2) is 0 Å².